The van der Waals surface area contributed by atoms with Crippen molar-refractivity contribution in [2.45, 2.75) is 39.7 Å². The molecule has 156 valence electrons. The van der Waals surface area contributed by atoms with Gasteiger partial charge >= 0.3 is 0 Å². The molecule has 2 rings (SSSR count). The zero-order valence-electron chi connectivity index (χ0n) is 17.5. The number of halogens is 1. The first-order valence-electron chi connectivity index (χ1n) is 9.81. The molecule has 1 atom stereocenters. The normalized spacial score (nSPS) is 11.6. The molecule has 0 bridgehead atoms. The Morgan fingerprint density at radius 3 is 2.31 bits per heavy atom. The predicted molar refractivity (Wildman–Crippen MR) is 119 cm³/mol. The average Bonchev–Trinajstić information content (AvgIpc) is 2.73. The van der Waals surface area contributed by atoms with Gasteiger partial charge in [-0.1, -0.05) is 53.2 Å². The van der Waals surface area contributed by atoms with Crippen LogP contribution >= 0.6 is 15.9 Å². The van der Waals surface area contributed by atoms with Crippen LogP contribution in [0.5, 0.6) is 5.75 Å². The standard InChI is InChI=1S/C23H29BrN2O3/c1-5-20(23(28)25-4)26(12-11-18-9-7-6-8-10-18)21(27)15-29-19-13-16(2)22(24)17(3)14-19/h6-10,13-14,20H,5,11-12,15H2,1-4H3,(H,25,28). The first kappa shape index (κ1) is 22.9. The van der Waals surface area contributed by atoms with E-state index < -0.39 is 6.04 Å². The van der Waals surface area contributed by atoms with Crippen molar-refractivity contribution in [2.24, 2.45) is 0 Å². The lowest BCUT2D eigenvalue weighted by Crippen LogP contribution is -2.50. The maximum absolute atomic E-state index is 13.0. The molecule has 0 saturated carbocycles. The van der Waals surface area contributed by atoms with Crippen molar-refractivity contribution in [3.63, 3.8) is 0 Å². The smallest absolute Gasteiger partial charge is 0.261 e. The van der Waals surface area contributed by atoms with Crippen LogP contribution in [-0.2, 0) is 16.0 Å². The first-order chi connectivity index (χ1) is 13.9. The number of aryl methyl sites for hydroxylation is 2. The Morgan fingerprint density at radius 1 is 1.14 bits per heavy atom. The van der Waals surface area contributed by atoms with Crippen LogP contribution in [0.15, 0.2) is 46.9 Å². The molecule has 0 aromatic heterocycles. The summed E-state index contributed by atoms with van der Waals surface area (Å²) in [6, 6.07) is 13.2. The summed E-state index contributed by atoms with van der Waals surface area (Å²) in [5.41, 5.74) is 3.22. The van der Waals surface area contributed by atoms with Crippen LogP contribution in [0, 0.1) is 13.8 Å². The summed E-state index contributed by atoms with van der Waals surface area (Å²) in [6.45, 7) is 6.22. The van der Waals surface area contributed by atoms with Crippen LogP contribution in [0.2, 0.25) is 0 Å². The van der Waals surface area contributed by atoms with Crippen molar-refractivity contribution in [2.75, 3.05) is 20.2 Å². The summed E-state index contributed by atoms with van der Waals surface area (Å²) in [7, 11) is 1.59. The molecule has 29 heavy (non-hydrogen) atoms. The molecule has 1 unspecified atom stereocenters. The third kappa shape index (κ3) is 6.32. The molecule has 5 nitrogen and oxygen atoms in total. The molecule has 2 aromatic carbocycles. The van der Waals surface area contributed by atoms with Gasteiger partial charge in [-0.25, -0.2) is 0 Å². The lowest BCUT2D eigenvalue weighted by Gasteiger charge is -2.30. The van der Waals surface area contributed by atoms with Gasteiger partial charge in [-0.2, -0.15) is 0 Å². The largest absolute Gasteiger partial charge is 0.484 e. The first-order valence-corrected chi connectivity index (χ1v) is 10.6. The molecule has 0 heterocycles. The van der Waals surface area contributed by atoms with Crippen molar-refractivity contribution in [3.8, 4) is 5.75 Å². The van der Waals surface area contributed by atoms with Gasteiger partial charge in [0.05, 0.1) is 0 Å². The number of rotatable bonds is 9. The number of ether oxygens (including phenoxy) is 1. The van der Waals surface area contributed by atoms with E-state index in [1.807, 2.05) is 63.2 Å². The molecule has 0 spiro atoms. The molecule has 2 amide bonds. The van der Waals surface area contributed by atoms with Gasteiger partial charge < -0.3 is 15.0 Å². The van der Waals surface area contributed by atoms with Crippen molar-refractivity contribution in [1.82, 2.24) is 10.2 Å². The van der Waals surface area contributed by atoms with Gasteiger partial charge in [-0.3, -0.25) is 9.59 Å². The molecule has 0 saturated heterocycles. The Bertz CT molecular complexity index is 816. The average molecular weight is 461 g/mol. The van der Waals surface area contributed by atoms with E-state index >= 15 is 0 Å². The summed E-state index contributed by atoms with van der Waals surface area (Å²) >= 11 is 3.54. The number of likely N-dealkylation sites (N-methyl/N-ethyl adjacent to an activating group) is 1. The van der Waals surface area contributed by atoms with E-state index in [0.29, 0.717) is 25.1 Å². The van der Waals surface area contributed by atoms with Crippen molar-refractivity contribution in [1.29, 1.82) is 0 Å². The van der Waals surface area contributed by atoms with Gasteiger partial charge in [0.15, 0.2) is 6.61 Å². The summed E-state index contributed by atoms with van der Waals surface area (Å²) < 4.78 is 6.82. The fraction of sp³-hybridized carbons (Fsp3) is 0.391. The molecule has 0 fully saturated rings. The quantitative estimate of drug-likeness (QED) is 0.613. The Labute approximate surface area is 181 Å². The van der Waals surface area contributed by atoms with E-state index in [2.05, 4.69) is 21.2 Å². The second-order valence-electron chi connectivity index (χ2n) is 7.02. The van der Waals surface area contributed by atoms with Crippen LogP contribution in [0.4, 0.5) is 0 Å². The third-order valence-corrected chi connectivity index (χ3v) is 6.14. The van der Waals surface area contributed by atoms with E-state index in [9.17, 15) is 9.59 Å². The Hall–Kier alpha value is -2.34. The fourth-order valence-corrected chi connectivity index (χ4v) is 3.51. The van der Waals surface area contributed by atoms with Crippen LogP contribution < -0.4 is 10.1 Å². The topological polar surface area (TPSA) is 58.6 Å². The minimum atomic E-state index is -0.520. The number of hydrogen-bond donors (Lipinski definition) is 1. The van der Waals surface area contributed by atoms with E-state index in [1.165, 1.54) is 0 Å². The lowest BCUT2D eigenvalue weighted by molar-refractivity contribution is -0.142. The Balaban J connectivity index is 2.13. The van der Waals surface area contributed by atoms with Gasteiger partial charge in [-0.15, -0.1) is 0 Å². The minimum Gasteiger partial charge on any atom is -0.484 e. The summed E-state index contributed by atoms with van der Waals surface area (Å²) in [6.07, 6.45) is 1.22. The van der Waals surface area contributed by atoms with E-state index in [-0.39, 0.29) is 18.4 Å². The van der Waals surface area contributed by atoms with Gasteiger partial charge in [0.2, 0.25) is 5.91 Å². The van der Waals surface area contributed by atoms with E-state index in [1.54, 1.807) is 11.9 Å². The van der Waals surface area contributed by atoms with Gasteiger partial charge in [0, 0.05) is 18.1 Å². The van der Waals surface area contributed by atoms with Crippen LogP contribution in [0.1, 0.15) is 30.0 Å². The molecule has 1 N–H and O–H groups in total. The summed E-state index contributed by atoms with van der Waals surface area (Å²) in [5.74, 6) is 0.284. The highest BCUT2D eigenvalue weighted by molar-refractivity contribution is 9.10. The Kier molecular flexibility index (Phi) is 8.70. The predicted octanol–water partition coefficient (Wildman–Crippen LogP) is 4.04. The van der Waals surface area contributed by atoms with E-state index in [4.69, 9.17) is 4.74 Å². The number of hydrogen-bond acceptors (Lipinski definition) is 3. The molecule has 0 aliphatic heterocycles. The highest BCUT2D eigenvalue weighted by atomic mass is 79.9. The molecule has 0 aliphatic carbocycles. The third-order valence-electron chi connectivity index (χ3n) is 4.89. The zero-order valence-corrected chi connectivity index (χ0v) is 19.1. The molecule has 6 heteroatoms. The minimum absolute atomic E-state index is 0.108. The second kappa shape index (κ2) is 11.0. The molecule has 2 aromatic rings. The molecule has 0 radical (unpaired) electrons. The number of nitrogens with one attached hydrogen (secondary N) is 1. The van der Waals surface area contributed by atoms with Crippen molar-refractivity contribution >= 4 is 27.7 Å². The second-order valence-corrected chi connectivity index (χ2v) is 7.81. The van der Waals surface area contributed by atoms with Crippen LogP contribution in [0.3, 0.4) is 0 Å². The lowest BCUT2D eigenvalue weighted by atomic mass is 10.1. The highest BCUT2D eigenvalue weighted by Crippen LogP contribution is 2.26. The zero-order chi connectivity index (χ0) is 21.4. The number of nitrogens with zero attached hydrogens (tertiary/aromatic N) is 1. The van der Waals surface area contributed by atoms with E-state index in [0.717, 1.165) is 21.2 Å². The monoisotopic (exact) mass is 460 g/mol. The van der Waals surface area contributed by atoms with Crippen LogP contribution in [-0.4, -0.2) is 43.0 Å². The highest BCUT2D eigenvalue weighted by Gasteiger charge is 2.27. The molecular formula is C23H29BrN2O3. The van der Waals surface area contributed by atoms with Crippen molar-refractivity contribution < 1.29 is 14.3 Å². The molecular weight excluding hydrogens is 432 g/mol. The van der Waals surface area contributed by atoms with Crippen LogP contribution in [0.25, 0.3) is 0 Å². The van der Waals surface area contributed by atoms with Gasteiger partial charge in [0.25, 0.3) is 5.91 Å². The maximum atomic E-state index is 13.0. The SMILES string of the molecule is CCC(C(=O)NC)N(CCc1ccccc1)C(=O)COc1cc(C)c(Br)c(C)c1. The number of amides is 2. The number of carbonyl (C=O) groups is 2. The fourth-order valence-electron chi connectivity index (χ4n) is 3.28. The summed E-state index contributed by atoms with van der Waals surface area (Å²) in [5, 5.41) is 2.67. The molecule has 0 aliphatic rings. The van der Waals surface area contributed by atoms with Gasteiger partial charge in [-0.05, 0) is 55.5 Å². The number of benzene rings is 2. The maximum Gasteiger partial charge on any atom is 0.261 e. The summed E-state index contributed by atoms with van der Waals surface area (Å²) in [4.78, 5) is 27.0. The van der Waals surface area contributed by atoms with Crippen molar-refractivity contribution in [3.05, 3.63) is 63.6 Å². The van der Waals surface area contributed by atoms with Gasteiger partial charge in [0.1, 0.15) is 11.8 Å². The number of carbonyl (C=O) groups excluding carboxylic acids is 2. The Morgan fingerprint density at radius 2 is 1.76 bits per heavy atom.